The summed E-state index contributed by atoms with van der Waals surface area (Å²) in [5, 5.41) is 0. The van der Waals surface area contributed by atoms with Crippen LogP contribution in [0.15, 0.2) is 11.8 Å². The molecule has 0 unspecified atom stereocenters. The molecule has 0 radical (unpaired) electrons. The van der Waals surface area contributed by atoms with E-state index in [4.69, 9.17) is 4.74 Å². The Kier molecular flexibility index (Phi) is 4.03. The Morgan fingerprint density at radius 2 is 2.12 bits per heavy atom. The van der Waals surface area contributed by atoms with Crippen molar-refractivity contribution < 1.29 is 9.53 Å². The van der Waals surface area contributed by atoms with Gasteiger partial charge in [-0.25, -0.2) is 0 Å². The van der Waals surface area contributed by atoms with Gasteiger partial charge in [0.2, 0.25) is 0 Å². The van der Waals surface area contributed by atoms with Gasteiger partial charge in [-0.3, -0.25) is 4.79 Å². The topological polar surface area (TPSA) is 26.3 Å². The van der Waals surface area contributed by atoms with Crippen molar-refractivity contribution in [3.63, 3.8) is 0 Å². The maximum Gasteiger partial charge on any atom is 0.164 e. The second-order valence-electron chi connectivity index (χ2n) is 5.11. The van der Waals surface area contributed by atoms with Crippen molar-refractivity contribution in [2.75, 3.05) is 6.61 Å². The van der Waals surface area contributed by atoms with Crippen LogP contribution in [0.25, 0.3) is 0 Å². The van der Waals surface area contributed by atoms with E-state index >= 15 is 0 Å². The van der Waals surface area contributed by atoms with Crippen LogP contribution in [-0.2, 0) is 9.53 Å². The van der Waals surface area contributed by atoms with Gasteiger partial charge in [-0.05, 0) is 44.4 Å². The number of carbonyl (C=O) groups is 1. The molecule has 1 saturated carbocycles. The van der Waals surface area contributed by atoms with Crippen LogP contribution in [0.2, 0.25) is 0 Å². The summed E-state index contributed by atoms with van der Waals surface area (Å²) in [6.45, 7) is 3.03. The first-order valence-corrected chi connectivity index (χ1v) is 6.66. The molecule has 0 bridgehead atoms. The molecule has 0 amide bonds. The molecule has 2 heteroatoms. The van der Waals surface area contributed by atoms with E-state index in [9.17, 15) is 4.79 Å². The van der Waals surface area contributed by atoms with Crippen molar-refractivity contribution >= 4 is 5.78 Å². The van der Waals surface area contributed by atoms with Crippen molar-refractivity contribution in [1.29, 1.82) is 0 Å². The SMILES string of the molecule is CCC1CCC(C(=O)C2=COCCC2)CC1. The van der Waals surface area contributed by atoms with Crippen molar-refractivity contribution in [1.82, 2.24) is 0 Å². The van der Waals surface area contributed by atoms with Gasteiger partial charge >= 0.3 is 0 Å². The average molecular weight is 222 g/mol. The summed E-state index contributed by atoms with van der Waals surface area (Å²) in [7, 11) is 0. The van der Waals surface area contributed by atoms with Crippen LogP contribution >= 0.6 is 0 Å². The number of rotatable bonds is 3. The second-order valence-corrected chi connectivity index (χ2v) is 5.11. The molecule has 0 N–H and O–H groups in total. The highest BCUT2D eigenvalue weighted by atomic mass is 16.5. The third-order valence-electron chi connectivity index (χ3n) is 4.05. The van der Waals surface area contributed by atoms with E-state index in [2.05, 4.69) is 6.92 Å². The van der Waals surface area contributed by atoms with E-state index in [-0.39, 0.29) is 5.92 Å². The van der Waals surface area contributed by atoms with Gasteiger partial charge in [0.1, 0.15) is 0 Å². The fourth-order valence-electron chi connectivity index (χ4n) is 2.84. The lowest BCUT2D eigenvalue weighted by molar-refractivity contribution is -0.120. The lowest BCUT2D eigenvalue weighted by Gasteiger charge is -2.27. The first kappa shape index (κ1) is 11.7. The minimum atomic E-state index is 0.288. The summed E-state index contributed by atoms with van der Waals surface area (Å²) in [6, 6.07) is 0. The van der Waals surface area contributed by atoms with Crippen molar-refractivity contribution in [2.24, 2.45) is 11.8 Å². The van der Waals surface area contributed by atoms with Gasteiger partial charge in [0.15, 0.2) is 5.78 Å². The highest BCUT2D eigenvalue weighted by molar-refractivity contribution is 5.97. The van der Waals surface area contributed by atoms with E-state index in [1.165, 1.54) is 19.3 Å². The Morgan fingerprint density at radius 1 is 1.38 bits per heavy atom. The molecule has 0 atom stereocenters. The van der Waals surface area contributed by atoms with Crippen LogP contribution in [0.5, 0.6) is 0 Å². The molecular formula is C14H22O2. The second kappa shape index (κ2) is 5.51. The largest absolute Gasteiger partial charge is 0.501 e. The molecular weight excluding hydrogens is 200 g/mol. The summed E-state index contributed by atoms with van der Waals surface area (Å²) in [6.07, 6.45) is 9.56. The quantitative estimate of drug-likeness (QED) is 0.731. The van der Waals surface area contributed by atoms with Crippen molar-refractivity contribution in [3.05, 3.63) is 11.8 Å². The van der Waals surface area contributed by atoms with Crippen molar-refractivity contribution in [3.8, 4) is 0 Å². The van der Waals surface area contributed by atoms with Gasteiger partial charge in [-0.1, -0.05) is 13.3 Å². The van der Waals surface area contributed by atoms with E-state index in [0.717, 1.165) is 43.8 Å². The molecule has 0 aromatic heterocycles. The zero-order chi connectivity index (χ0) is 11.4. The number of Topliss-reactive ketones (excluding diaryl/α,β-unsaturated/α-hetero) is 1. The first-order chi connectivity index (χ1) is 7.81. The fourth-order valence-corrected chi connectivity index (χ4v) is 2.84. The predicted octanol–water partition coefficient (Wildman–Crippen LogP) is 3.47. The Hall–Kier alpha value is -0.790. The number of hydrogen-bond acceptors (Lipinski definition) is 2. The van der Waals surface area contributed by atoms with Crippen LogP contribution in [0, 0.1) is 11.8 Å². The number of allylic oxidation sites excluding steroid dienone is 1. The minimum Gasteiger partial charge on any atom is -0.501 e. The maximum absolute atomic E-state index is 12.2. The molecule has 16 heavy (non-hydrogen) atoms. The smallest absolute Gasteiger partial charge is 0.164 e. The molecule has 0 saturated heterocycles. The van der Waals surface area contributed by atoms with Crippen molar-refractivity contribution in [2.45, 2.75) is 51.9 Å². The fraction of sp³-hybridized carbons (Fsp3) is 0.786. The predicted molar refractivity (Wildman–Crippen MR) is 64.0 cm³/mol. The molecule has 2 nitrogen and oxygen atoms in total. The standard InChI is InChI=1S/C14H22O2/c1-2-11-5-7-12(8-6-11)14(15)13-4-3-9-16-10-13/h10-12H,2-9H2,1H3. The number of ether oxygens (including phenoxy) is 1. The zero-order valence-corrected chi connectivity index (χ0v) is 10.2. The summed E-state index contributed by atoms with van der Waals surface area (Å²) >= 11 is 0. The lowest BCUT2D eigenvalue weighted by Crippen LogP contribution is -2.24. The highest BCUT2D eigenvalue weighted by Gasteiger charge is 2.27. The third-order valence-corrected chi connectivity index (χ3v) is 4.05. The number of carbonyl (C=O) groups excluding carboxylic acids is 1. The van der Waals surface area contributed by atoms with Gasteiger partial charge in [0, 0.05) is 11.5 Å². The van der Waals surface area contributed by atoms with Gasteiger partial charge in [-0.15, -0.1) is 0 Å². The number of hydrogen-bond donors (Lipinski definition) is 0. The van der Waals surface area contributed by atoms with Gasteiger partial charge in [0.25, 0.3) is 0 Å². The van der Waals surface area contributed by atoms with Crippen LogP contribution in [0.1, 0.15) is 51.9 Å². The van der Waals surface area contributed by atoms with Gasteiger partial charge < -0.3 is 4.74 Å². The molecule has 1 heterocycles. The highest BCUT2D eigenvalue weighted by Crippen LogP contribution is 2.33. The summed E-state index contributed by atoms with van der Waals surface area (Å²) in [5.41, 5.74) is 0.936. The average Bonchev–Trinajstić information content (AvgIpc) is 2.39. The number of ketones is 1. The molecule has 0 aromatic rings. The van der Waals surface area contributed by atoms with Gasteiger partial charge in [0.05, 0.1) is 12.9 Å². The molecule has 1 fully saturated rings. The molecule has 2 aliphatic rings. The normalized spacial score (nSPS) is 30.4. The Morgan fingerprint density at radius 3 is 2.69 bits per heavy atom. The van der Waals surface area contributed by atoms with E-state index in [1.54, 1.807) is 6.26 Å². The Labute approximate surface area is 98.1 Å². The van der Waals surface area contributed by atoms with Crippen LogP contribution in [0.4, 0.5) is 0 Å². The van der Waals surface area contributed by atoms with Crippen LogP contribution < -0.4 is 0 Å². The molecule has 0 aromatic carbocycles. The van der Waals surface area contributed by atoms with Crippen LogP contribution in [-0.4, -0.2) is 12.4 Å². The third kappa shape index (κ3) is 2.66. The Bertz CT molecular complexity index is 272. The summed E-state index contributed by atoms with van der Waals surface area (Å²) in [4.78, 5) is 12.2. The zero-order valence-electron chi connectivity index (χ0n) is 10.2. The monoisotopic (exact) mass is 222 g/mol. The summed E-state index contributed by atoms with van der Waals surface area (Å²) in [5.74, 6) is 1.52. The maximum atomic E-state index is 12.2. The summed E-state index contributed by atoms with van der Waals surface area (Å²) < 4.78 is 5.25. The molecule has 2 rings (SSSR count). The molecule has 1 aliphatic heterocycles. The minimum absolute atomic E-state index is 0.288. The lowest BCUT2D eigenvalue weighted by atomic mass is 9.77. The van der Waals surface area contributed by atoms with E-state index < -0.39 is 0 Å². The molecule has 0 spiro atoms. The molecule has 1 aliphatic carbocycles. The first-order valence-electron chi connectivity index (χ1n) is 6.66. The van der Waals surface area contributed by atoms with Gasteiger partial charge in [-0.2, -0.15) is 0 Å². The van der Waals surface area contributed by atoms with E-state index in [1.807, 2.05) is 0 Å². The Balaban J connectivity index is 1.88. The van der Waals surface area contributed by atoms with E-state index in [0.29, 0.717) is 5.78 Å². The van der Waals surface area contributed by atoms with Crippen LogP contribution in [0.3, 0.4) is 0 Å². The molecule has 90 valence electrons.